The third kappa shape index (κ3) is 3.17. The van der Waals surface area contributed by atoms with E-state index in [1.54, 1.807) is 0 Å². The van der Waals surface area contributed by atoms with Crippen molar-refractivity contribution in [2.24, 2.45) is 0 Å². The van der Waals surface area contributed by atoms with E-state index in [9.17, 15) is 24.8 Å². The Morgan fingerprint density at radius 1 is 1.41 bits per heavy atom. The van der Waals surface area contributed by atoms with E-state index in [1.807, 2.05) is 0 Å². The molecule has 10 nitrogen and oxygen atoms in total. The lowest BCUT2D eigenvalue weighted by Crippen LogP contribution is -2.39. The van der Waals surface area contributed by atoms with Gasteiger partial charge in [0, 0.05) is 18.2 Å². The van der Waals surface area contributed by atoms with Crippen LogP contribution in [0.5, 0.6) is 0 Å². The average molecular weight is 266 g/mol. The lowest BCUT2D eigenvalue weighted by atomic mass is 10.0. The molecular weight excluding hydrogens is 259 g/mol. The third-order valence-electron chi connectivity index (χ3n) is 1.92. The molecule has 17 heavy (non-hydrogen) atoms. The third-order valence-corrected chi connectivity index (χ3v) is 2.47. The Bertz CT molecular complexity index is 465. The first-order valence-electron chi connectivity index (χ1n) is 4.11. The van der Waals surface area contributed by atoms with Crippen molar-refractivity contribution in [3.05, 3.63) is 44.2 Å². The van der Waals surface area contributed by atoms with Crippen molar-refractivity contribution in [2.75, 3.05) is 0 Å². The molecule has 0 bridgehead atoms. The molecule has 11 heteroatoms. The van der Waals surface area contributed by atoms with Gasteiger partial charge in [0.1, 0.15) is 0 Å². The lowest BCUT2D eigenvalue weighted by molar-refractivity contribution is -0.601. The first kappa shape index (κ1) is 13.5. The molecule has 2 N–H and O–H groups in total. The van der Waals surface area contributed by atoms with Crippen molar-refractivity contribution in [1.82, 2.24) is 0 Å². The number of phosphoric ester groups is 1. The molecule has 1 unspecified atom stereocenters. The van der Waals surface area contributed by atoms with E-state index in [0.29, 0.717) is 6.08 Å². The summed E-state index contributed by atoms with van der Waals surface area (Å²) in [6.07, 6.45) is 1.63. The summed E-state index contributed by atoms with van der Waals surface area (Å²) in [5.74, 6) is 0. The van der Waals surface area contributed by atoms with Gasteiger partial charge in [0.2, 0.25) is 0 Å². The van der Waals surface area contributed by atoms with Crippen LogP contribution < -0.4 is 0 Å². The molecule has 0 aromatic carbocycles. The van der Waals surface area contributed by atoms with Crippen LogP contribution in [-0.4, -0.2) is 25.4 Å². The Balaban J connectivity index is 3.02. The van der Waals surface area contributed by atoms with Gasteiger partial charge in [0.25, 0.3) is 5.70 Å². The Kier molecular flexibility index (Phi) is 3.43. The number of hydrogen-bond acceptors (Lipinski definition) is 6. The molecule has 0 heterocycles. The summed E-state index contributed by atoms with van der Waals surface area (Å²) in [4.78, 5) is 36.3. The van der Waals surface area contributed by atoms with Gasteiger partial charge in [-0.1, -0.05) is 0 Å². The van der Waals surface area contributed by atoms with E-state index in [4.69, 9.17) is 9.79 Å². The van der Waals surface area contributed by atoms with E-state index >= 15 is 0 Å². The van der Waals surface area contributed by atoms with E-state index in [2.05, 4.69) is 4.52 Å². The first-order valence-corrected chi connectivity index (χ1v) is 5.64. The zero-order chi connectivity index (χ0) is 13.3. The van der Waals surface area contributed by atoms with Crippen LogP contribution in [0, 0.1) is 20.2 Å². The van der Waals surface area contributed by atoms with Crippen LogP contribution in [0.2, 0.25) is 0 Å². The molecule has 0 fully saturated rings. The molecule has 0 aromatic heterocycles. The Hall–Kier alpha value is -1.61. The van der Waals surface area contributed by atoms with Crippen molar-refractivity contribution in [3.8, 4) is 0 Å². The lowest BCUT2D eigenvalue weighted by Gasteiger charge is -2.22. The summed E-state index contributed by atoms with van der Waals surface area (Å²) in [6.45, 7) is 0. The summed E-state index contributed by atoms with van der Waals surface area (Å²) < 4.78 is 14.7. The fourth-order valence-corrected chi connectivity index (χ4v) is 1.79. The topological polar surface area (TPSA) is 153 Å². The quantitative estimate of drug-likeness (QED) is 0.316. The van der Waals surface area contributed by atoms with Gasteiger partial charge in [-0.3, -0.25) is 20.2 Å². The van der Waals surface area contributed by atoms with Crippen LogP contribution >= 0.6 is 7.82 Å². The van der Waals surface area contributed by atoms with E-state index in [0.717, 1.165) is 12.2 Å². The normalized spacial score (nSPS) is 24.2. The molecule has 0 amide bonds. The van der Waals surface area contributed by atoms with Crippen LogP contribution in [0.3, 0.4) is 0 Å². The van der Waals surface area contributed by atoms with Gasteiger partial charge >= 0.3 is 13.5 Å². The summed E-state index contributed by atoms with van der Waals surface area (Å²) in [5.41, 5.74) is -2.88. The van der Waals surface area contributed by atoms with Crippen LogP contribution in [0.4, 0.5) is 0 Å². The van der Waals surface area contributed by atoms with Gasteiger partial charge in [0.15, 0.2) is 0 Å². The molecule has 1 rings (SSSR count). The monoisotopic (exact) mass is 266 g/mol. The van der Waals surface area contributed by atoms with Crippen LogP contribution in [0.25, 0.3) is 0 Å². The molecule has 94 valence electrons. The second-order valence-electron chi connectivity index (χ2n) is 3.11. The minimum absolute atomic E-state index is 0.406. The molecule has 0 aliphatic heterocycles. The van der Waals surface area contributed by atoms with Crippen molar-refractivity contribution >= 4 is 7.82 Å². The predicted octanol–water partition coefficient (Wildman–Crippen LogP) is 0.189. The second-order valence-corrected chi connectivity index (χ2v) is 4.27. The maximum Gasteiger partial charge on any atom is 0.475 e. The maximum absolute atomic E-state index is 10.7. The zero-order valence-corrected chi connectivity index (χ0v) is 9.02. The van der Waals surface area contributed by atoms with Crippen molar-refractivity contribution in [1.29, 1.82) is 0 Å². The van der Waals surface area contributed by atoms with E-state index < -0.39 is 35.5 Å². The van der Waals surface area contributed by atoms with Crippen LogP contribution in [-0.2, 0) is 9.09 Å². The first-order chi connectivity index (χ1) is 7.66. The molecule has 1 aliphatic carbocycles. The summed E-state index contributed by atoms with van der Waals surface area (Å²) in [5, 5.41) is 21.1. The average Bonchev–Trinajstić information content (AvgIpc) is 2.15. The fourth-order valence-electron chi connectivity index (χ4n) is 1.18. The largest absolute Gasteiger partial charge is 0.475 e. The predicted molar refractivity (Wildman–Crippen MR) is 51.7 cm³/mol. The Morgan fingerprint density at radius 3 is 2.29 bits per heavy atom. The standard InChI is InChI=1S/C6H7N2O8P/c9-7(10)5-1-3-6(4-2-5,8(11)12)16-17(13,14)15/h1-3H,4H2,(H2,13,14,15). The molecule has 0 radical (unpaired) electrons. The molecule has 1 aliphatic rings. The zero-order valence-electron chi connectivity index (χ0n) is 8.12. The number of nitrogens with zero attached hydrogens (tertiary/aromatic N) is 2. The highest BCUT2D eigenvalue weighted by Crippen LogP contribution is 2.44. The van der Waals surface area contributed by atoms with Gasteiger partial charge in [-0.05, 0) is 0 Å². The molecule has 0 spiro atoms. The summed E-state index contributed by atoms with van der Waals surface area (Å²) in [7, 11) is -5.09. The number of hydrogen-bond donors (Lipinski definition) is 2. The smallest absolute Gasteiger partial charge is 0.302 e. The highest BCUT2D eigenvalue weighted by Gasteiger charge is 2.48. The molecule has 1 atom stereocenters. The fraction of sp³-hybridized carbons (Fsp3) is 0.333. The second kappa shape index (κ2) is 4.34. The van der Waals surface area contributed by atoms with E-state index in [1.165, 1.54) is 0 Å². The SMILES string of the molecule is O=[N+]([O-])C1=CCC(OP(=O)(O)O)([N+](=O)[O-])C=C1. The van der Waals surface area contributed by atoms with E-state index in [-0.39, 0.29) is 0 Å². The number of nitro groups is 2. The summed E-state index contributed by atoms with van der Waals surface area (Å²) >= 11 is 0. The maximum atomic E-state index is 10.7. The van der Waals surface area contributed by atoms with Crippen LogP contribution in [0.1, 0.15) is 6.42 Å². The van der Waals surface area contributed by atoms with Gasteiger partial charge < -0.3 is 9.79 Å². The molecule has 0 saturated carbocycles. The van der Waals surface area contributed by atoms with Gasteiger partial charge in [-0.25, -0.2) is 9.09 Å². The Morgan fingerprint density at radius 2 is 2.00 bits per heavy atom. The number of rotatable bonds is 4. The van der Waals surface area contributed by atoms with Gasteiger partial charge in [-0.2, -0.15) is 0 Å². The number of phosphoric acid groups is 1. The molecule has 0 aromatic rings. The minimum Gasteiger partial charge on any atom is -0.302 e. The highest BCUT2D eigenvalue weighted by molar-refractivity contribution is 7.46. The van der Waals surface area contributed by atoms with Crippen molar-refractivity contribution < 1.29 is 28.7 Å². The summed E-state index contributed by atoms with van der Waals surface area (Å²) in [6, 6.07) is 0. The Labute approximate surface area is 93.7 Å². The minimum atomic E-state index is -5.09. The van der Waals surface area contributed by atoms with Gasteiger partial charge in [0.05, 0.1) is 16.3 Å². The molecular formula is C6H7N2O8P. The number of allylic oxidation sites excluding steroid dienone is 1. The molecule has 0 saturated heterocycles. The van der Waals surface area contributed by atoms with Crippen LogP contribution in [0.15, 0.2) is 23.9 Å². The van der Waals surface area contributed by atoms with Gasteiger partial charge in [-0.15, -0.1) is 0 Å². The van der Waals surface area contributed by atoms with Crippen molar-refractivity contribution in [2.45, 2.75) is 12.1 Å². The van der Waals surface area contributed by atoms with Crippen molar-refractivity contribution in [3.63, 3.8) is 0 Å². The highest BCUT2D eigenvalue weighted by atomic mass is 31.2.